The monoisotopic (exact) mass is 1470 g/mol. The van der Waals surface area contributed by atoms with Gasteiger partial charge in [0.2, 0.25) is 76.8 Å². The predicted molar refractivity (Wildman–Crippen MR) is 380 cm³/mol. The lowest BCUT2D eigenvalue weighted by atomic mass is 9.99. The number of nitrogens with two attached hydrogens (primary N) is 3. The molecule has 6 rings (SSSR count). The maximum Gasteiger partial charge on any atom is 0.305 e. The summed E-state index contributed by atoms with van der Waals surface area (Å²) in [6.07, 6.45) is 0.474. The van der Waals surface area contributed by atoms with E-state index in [-0.39, 0.29) is 83.0 Å². The molecule has 3 heterocycles. The zero-order valence-electron chi connectivity index (χ0n) is 59.0. The van der Waals surface area contributed by atoms with Gasteiger partial charge < -0.3 is 101 Å². The second kappa shape index (κ2) is 40.7. The number of aromatic nitrogens is 4. The molecule has 0 spiro atoms. The number of carbonyl (C=O) groups excluding carboxylic acids is 13. The number of H-pyrrole nitrogens is 1. The highest BCUT2D eigenvalue weighted by atomic mass is 16.4. The number of para-hydroxylation sites is 1. The van der Waals surface area contributed by atoms with Crippen LogP contribution in [0.15, 0.2) is 91.3 Å². The standard InChI is InChI=1S/C69H94N20O17/c1-36(2)57-68(106)85-53(32-56(94)95)65(103)79-46(62(100)82-50(58(71)96)29-40-19-22-43(92)23-20-40)17-10-11-28-89-34-42(87-88-89)21-24-48(63(101)83-51(66(104)86-57)30-39-13-6-5-7-14-39)78-59(97)37(3)76-60(98)49(25-26-55(70)93)81-61(99)47(18-12-27-74-69(72)73)80-64(102)52(84-67(105)54(35-90)77-38(4)91)31-41-33-75-45-16-9-8-15-44(41)45/h5-9,13-16,19-20,22-23,33-34,36-37,46-54,57,75,90,92H,10-12,17-18,21,24-32,35H2,1-4H3,(H2,70,93)(H2,71,96)(H,76,98)(H,77,91)(H,78,97)(H,79,103)(H,80,102)(H,81,99)(H,82,100)(H,83,101)(H,84,105)(H,85,106)(H,86,104)(H,94,95)(H4,72,73,74)/t37-,46-,47-,48-,49-,50-,51-,52-,53-,54-,57-/m0/s1. The average Bonchev–Trinajstić information content (AvgIpc) is 1.64. The van der Waals surface area contributed by atoms with Crippen LogP contribution in [0.25, 0.3) is 10.9 Å². The molecule has 13 amide bonds. The van der Waals surface area contributed by atoms with E-state index in [4.69, 9.17) is 22.6 Å². The van der Waals surface area contributed by atoms with Gasteiger partial charge in [-0.2, -0.15) is 0 Å². The molecule has 572 valence electrons. The fourth-order valence-corrected chi connectivity index (χ4v) is 11.4. The summed E-state index contributed by atoms with van der Waals surface area (Å²) in [7, 11) is 0. The number of amides is 13. The number of aryl methyl sites for hydroxylation is 2. The molecular formula is C69H94N20O17. The van der Waals surface area contributed by atoms with E-state index in [2.05, 4.69) is 79.1 Å². The molecule has 2 bridgehead atoms. The summed E-state index contributed by atoms with van der Waals surface area (Å²) in [4.78, 5) is 196. The van der Waals surface area contributed by atoms with Crippen LogP contribution in [0.5, 0.6) is 5.75 Å². The van der Waals surface area contributed by atoms with E-state index in [1.165, 1.54) is 49.7 Å². The van der Waals surface area contributed by atoms with Crippen molar-refractivity contribution in [2.45, 2.75) is 184 Å². The van der Waals surface area contributed by atoms with E-state index in [9.17, 15) is 82.4 Å². The van der Waals surface area contributed by atoms with Crippen LogP contribution < -0.4 is 81.0 Å². The van der Waals surface area contributed by atoms with Crippen molar-refractivity contribution in [1.29, 1.82) is 5.41 Å². The van der Waals surface area contributed by atoms with Crippen LogP contribution in [0.4, 0.5) is 0 Å². The highest BCUT2D eigenvalue weighted by Crippen LogP contribution is 2.21. The molecule has 5 aromatic rings. The van der Waals surface area contributed by atoms with Crippen molar-refractivity contribution >= 4 is 99.6 Å². The van der Waals surface area contributed by atoms with Gasteiger partial charge in [0.25, 0.3) is 0 Å². The van der Waals surface area contributed by atoms with E-state index < -0.39 is 187 Å². The number of aliphatic hydroxyl groups is 1. The van der Waals surface area contributed by atoms with E-state index in [1.54, 1.807) is 67.0 Å². The van der Waals surface area contributed by atoms with E-state index in [0.717, 1.165) is 6.92 Å². The number of primary amides is 2. The van der Waals surface area contributed by atoms with Gasteiger partial charge in [-0.05, 0) is 99.1 Å². The summed E-state index contributed by atoms with van der Waals surface area (Å²) in [5.74, 6) is -15.3. The average molecular weight is 1480 g/mol. The molecule has 23 N–H and O–H groups in total. The van der Waals surface area contributed by atoms with Crippen molar-refractivity contribution in [1.82, 2.24) is 83.8 Å². The number of aliphatic hydroxyl groups excluding tert-OH is 1. The fourth-order valence-electron chi connectivity index (χ4n) is 11.4. The minimum absolute atomic E-state index is 0.00926. The highest BCUT2D eigenvalue weighted by Gasteiger charge is 2.38. The van der Waals surface area contributed by atoms with Crippen molar-refractivity contribution in [2.75, 3.05) is 13.2 Å². The molecule has 106 heavy (non-hydrogen) atoms. The number of rotatable bonds is 31. The maximum absolute atomic E-state index is 14.9. The number of hydrogen-bond acceptors (Lipinski definition) is 19. The number of guanidine groups is 1. The molecule has 1 aliphatic rings. The third-order valence-corrected chi connectivity index (χ3v) is 17.2. The third-order valence-electron chi connectivity index (χ3n) is 17.2. The highest BCUT2D eigenvalue weighted by molar-refractivity contribution is 6.00. The topological polar surface area (TPSA) is 592 Å². The minimum Gasteiger partial charge on any atom is -0.508 e. The van der Waals surface area contributed by atoms with Gasteiger partial charge in [-0.3, -0.25) is 77.2 Å². The minimum atomic E-state index is -1.87. The van der Waals surface area contributed by atoms with Gasteiger partial charge >= 0.3 is 5.97 Å². The molecule has 0 aliphatic carbocycles. The Bertz CT molecular complexity index is 3940. The second-order valence-corrected chi connectivity index (χ2v) is 26.0. The Morgan fingerprint density at radius 3 is 1.94 bits per heavy atom. The number of phenols is 1. The maximum atomic E-state index is 14.9. The van der Waals surface area contributed by atoms with Crippen molar-refractivity contribution in [3.8, 4) is 5.75 Å². The largest absolute Gasteiger partial charge is 0.508 e. The third kappa shape index (κ3) is 26.6. The Kier molecular flexibility index (Phi) is 31.8. The lowest BCUT2D eigenvalue weighted by Crippen LogP contribution is -2.61. The van der Waals surface area contributed by atoms with Gasteiger partial charge in [-0.1, -0.05) is 79.7 Å². The Morgan fingerprint density at radius 2 is 1.29 bits per heavy atom. The summed E-state index contributed by atoms with van der Waals surface area (Å²) >= 11 is 0. The molecule has 0 unspecified atom stereocenters. The first-order chi connectivity index (χ1) is 50.4. The zero-order valence-corrected chi connectivity index (χ0v) is 59.0. The Hall–Kier alpha value is -12.1. The SMILES string of the molecule is CC(=O)N[C@@H](CO)C(=O)N[C@@H](Cc1c[nH]c2ccccc12)C(=O)N[C@@H](CCCNC(=N)N)C(=O)N[C@@H](CCC(N)=O)C(=O)N[C@@H](C)C(=O)N[C@H]1CCc2cn(nn2)CCCC[C@@H](C(=O)N[C@@H](Cc2ccc(O)cc2)C(N)=O)NC(=O)[C@H](CC(=O)O)NC(=O)[C@H](C(C)C)NC(=O)[C@H](Cc2ccccc2)NC1=O. The van der Waals surface area contributed by atoms with Crippen LogP contribution in [0.2, 0.25) is 0 Å². The lowest BCUT2D eigenvalue weighted by Gasteiger charge is -2.29. The van der Waals surface area contributed by atoms with Crippen LogP contribution in [-0.2, 0) is 99.4 Å². The second-order valence-electron chi connectivity index (χ2n) is 26.0. The smallest absolute Gasteiger partial charge is 0.305 e. The fraction of sp³-hybridized carbons (Fsp3) is 0.464. The molecule has 11 atom stereocenters. The number of carbonyl (C=O) groups is 14. The van der Waals surface area contributed by atoms with E-state index in [1.807, 2.05) is 0 Å². The van der Waals surface area contributed by atoms with Crippen LogP contribution in [0.1, 0.15) is 108 Å². The summed E-state index contributed by atoms with van der Waals surface area (Å²) in [5.41, 5.74) is 19.3. The van der Waals surface area contributed by atoms with Gasteiger partial charge in [-0.15, -0.1) is 5.10 Å². The summed E-state index contributed by atoms with van der Waals surface area (Å²) in [6.45, 7) is 4.73. The molecule has 0 saturated carbocycles. The number of aromatic amines is 1. The van der Waals surface area contributed by atoms with Gasteiger partial charge in [0.05, 0.1) is 18.7 Å². The van der Waals surface area contributed by atoms with Crippen molar-refractivity contribution < 1.29 is 82.4 Å². The number of carboxylic acid groups (broad SMARTS) is 1. The van der Waals surface area contributed by atoms with Crippen LogP contribution >= 0.6 is 0 Å². The van der Waals surface area contributed by atoms with E-state index >= 15 is 0 Å². The van der Waals surface area contributed by atoms with Gasteiger partial charge in [0, 0.05) is 69.0 Å². The van der Waals surface area contributed by atoms with E-state index in [0.29, 0.717) is 33.3 Å². The first-order valence-electron chi connectivity index (χ1n) is 34.4. The number of phenolic OH excluding ortho intramolecular Hbond substituents is 1. The number of aliphatic carboxylic acids is 1. The summed E-state index contributed by atoms with van der Waals surface area (Å²) in [6, 6.07) is 4.08. The lowest BCUT2D eigenvalue weighted by molar-refractivity contribution is -0.142. The number of fused-ring (bicyclic) bond motifs is 3. The quantitative estimate of drug-likeness (QED) is 0.0114. The molecular weight excluding hydrogens is 1380 g/mol. The Labute approximate surface area is 608 Å². The number of nitrogens with zero attached hydrogens (tertiary/aromatic N) is 3. The van der Waals surface area contributed by atoms with Crippen molar-refractivity contribution in [2.24, 2.45) is 23.1 Å². The van der Waals surface area contributed by atoms with Crippen molar-refractivity contribution in [3.63, 3.8) is 0 Å². The molecule has 3 aromatic carbocycles. The van der Waals surface area contributed by atoms with Crippen LogP contribution in [0.3, 0.4) is 0 Å². The summed E-state index contributed by atoms with van der Waals surface area (Å²) < 4.78 is 1.44. The van der Waals surface area contributed by atoms with Gasteiger partial charge in [-0.25, -0.2) is 0 Å². The molecule has 0 fully saturated rings. The van der Waals surface area contributed by atoms with Crippen LogP contribution in [-0.4, -0.2) is 204 Å². The first kappa shape index (κ1) is 82.9. The number of hydrogen-bond donors (Lipinski definition) is 20. The predicted octanol–water partition coefficient (Wildman–Crippen LogP) is -4.18. The van der Waals surface area contributed by atoms with Gasteiger partial charge in [0.1, 0.15) is 72.2 Å². The number of nitrogens with one attached hydrogen (secondary N) is 14. The zero-order chi connectivity index (χ0) is 77.7. The molecule has 0 saturated heterocycles. The van der Waals surface area contributed by atoms with Crippen LogP contribution in [0, 0.1) is 11.3 Å². The molecule has 1 aliphatic heterocycles. The molecule has 0 radical (unpaired) electrons. The first-order valence-corrected chi connectivity index (χ1v) is 34.4. The van der Waals surface area contributed by atoms with Gasteiger partial charge in [0.15, 0.2) is 5.96 Å². The Balaban J connectivity index is 1.28. The molecule has 37 nitrogen and oxygen atoms in total. The normalized spacial score (nSPS) is 18.6. The summed E-state index contributed by atoms with van der Waals surface area (Å²) in [5, 5.41) is 77.1. The molecule has 37 heteroatoms. The molecule has 2 aromatic heterocycles. The Morgan fingerprint density at radius 1 is 0.660 bits per heavy atom. The van der Waals surface area contributed by atoms with Crippen molar-refractivity contribution in [3.05, 3.63) is 114 Å². The number of benzene rings is 3. The number of aromatic hydroxyl groups is 1. The number of carboxylic acids is 1.